The molecule has 3 aromatic rings. The lowest BCUT2D eigenvalue weighted by molar-refractivity contribution is -0.131. The van der Waals surface area contributed by atoms with Gasteiger partial charge in [0.1, 0.15) is 0 Å². The van der Waals surface area contributed by atoms with E-state index in [0.717, 1.165) is 39.6 Å². The topological polar surface area (TPSA) is 77.0 Å². The maximum atomic E-state index is 12.9. The first-order valence-corrected chi connectivity index (χ1v) is 9.47. The molecule has 2 N–H and O–H groups in total. The van der Waals surface area contributed by atoms with Crippen LogP contribution in [0.5, 0.6) is 0 Å². The lowest BCUT2D eigenvalue weighted by atomic mass is 10.1. The first-order valence-electron chi connectivity index (χ1n) is 8.65. The van der Waals surface area contributed by atoms with E-state index in [9.17, 15) is 4.79 Å². The summed E-state index contributed by atoms with van der Waals surface area (Å²) in [5.74, 6) is 0.126. The summed E-state index contributed by atoms with van der Waals surface area (Å²) in [7, 11) is 0. The zero-order valence-electron chi connectivity index (χ0n) is 14.9. The first kappa shape index (κ1) is 16.8. The van der Waals surface area contributed by atoms with Crippen molar-refractivity contribution >= 4 is 22.4 Å². The number of anilines is 1. The number of carbonyl (C=O) groups excluding carboxylic acids is 1. The van der Waals surface area contributed by atoms with Crippen molar-refractivity contribution in [3.63, 3.8) is 0 Å². The summed E-state index contributed by atoms with van der Waals surface area (Å²) < 4.78 is 1.91. The van der Waals surface area contributed by atoms with Gasteiger partial charge in [-0.25, -0.2) is 9.67 Å². The summed E-state index contributed by atoms with van der Waals surface area (Å²) in [6.45, 7) is 5.29. The number of nitrogens with two attached hydrogens (primary N) is 1. The molecule has 4 rings (SSSR count). The van der Waals surface area contributed by atoms with Gasteiger partial charge in [0.05, 0.1) is 30.0 Å². The van der Waals surface area contributed by atoms with Gasteiger partial charge in [-0.15, -0.1) is 11.3 Å². The van der Waals surface area contributed by atoms with Crippen molar-refractivity contribution in [2.24, 2.45) is 0 Å². The van der Waals surface area contributed by atoms with Crippen LogP contribution in [0.1, 0.15) is 27.5 Å². The molecule has 0 aliphatic carbocycles. The third kappa shape index (κ3) is 2.99. The Balaban J connectivity index is 1.54. The smallest absolute Gasteiger partial charge is 0.227 e. The van der Waals surface area contributed by atoms with Crippen LogP contribution in [-0.4, -0.2) is 32.1 Å². The molecule has 3 heterocycles. The van der Waals surface area contributed by atoms with Crippen LogP contribution in [0.3, 0.4) is 0 Å². The molecule has 1 aliphatic heterocycles. The average Bonchev–Trinajstić information content (AvgIpc) is 3.15. The first-order chi connectivity index (χ1) is 12.5. The van der Waals surface area contributed by atoms with Crippen molar-refractivity contribution in [2.45, 2.75) is 33.2 Å². The highest BCUT2D eigenvalue weighted by atomic mass is 32.1. The lowest BCUT2D eigenvalue weighted by Gasteiger charge is -2.26. The minimum Gasteiger partial charge on any atom is -0.375 e. The number of hydrogen-bond donors (Lipinski definition) is 1. The molecule has 1 aromatic carbocycles. The van der Waals surface area contributed by atoms with Crippen LogP contribution in [0.15, 0.2) is 30.3 Å². The number of nitrogens with zero attached hydrogens (tertiary/aromatic N) is 4. The van der Waals surface area contributed by atoms with Crippen LogP contribution in [0, 0.1) is 13.8 Å². The number of nitrogen functional groups attached to an aromatic ring is 1. The van der Waals surface area contributed by atoms with E-state index in [1.165, 1.54) is 11.3 Å². The fourth-order valence-corrected chi connectivity index (χ4v) is 4.34. The molecule has 0 radical (unpaired) electrons. The molecule has 2 aromatic heterocycles. The highest BCUT2D eigenvalue weighted by Gasteiger charge is 2.25. The second-order valence-corrected chi connectivity index (χ2v) is 7.68. The Morgan fingerprint density at radius 3 is 2.81 bits per heavy atom. The lowest BCUT2D eigenvalue weighted by Crippen LogP contribution is -2.36. The van der Waals surface area contributed by atoms with E-state index in [-0.39, 0.29) is 5.91 Å². The van der Waals surface area contributed by atoms with Gasteiger partial charge in [-0.2, -0.15) is 5.10 Å². The van der Waals surface area contributed by atoms with Crippen LogP contribution in [0.2, 0.25) is 0 Å². The number of para-hydroxylation sites is 1. The molecule has 0 saturated carbocycles. The SMILES string of the molecule is Cc1nn(-c2ccccc2)c(C)c1CC(=O)N1CCc2nc(N)sc2C1. The van der Waals surface area contributed by atoms with Crippen molar-refractivity contribution in [1.29, 1.82) is 0 Å². The Hall–Kier alpha value is -2.67. The van der Waals surface area contributed by atoms with Crippen LogP contribution in [0.25, 0.3) is 5.69 Å². The summed E-state index contributed by atoms with van der Waals surface area (Å²) in [5, 5.41) is 5.22. The minimum absolute atomic E-state index is 0.126. The molecular formula is C19H21N5OS. The number of aromatic nitrogens is 3. The van der Waals surface area contributed by atoms with E-state index >= 15 is 0 Å². The predicted molar refractivity (Wildman–Crippen MR) is 102 cm³/mol. The maximum absolute atomic E-state index is 12.9. The Bertz CT molecular complexity index is 960. The van der Waals surface area contributed by atoms with E-state index in [0.29, 0.717) is 24.6 Å². The van der Waals surface area contributed by atoms with E-state index in [1.807, 2.05) is 53.8 Å². The zero-order chi connectivity index (χ0) is 18.3. The van der Waals surface area contributed by atoms with Crippen molar-refractivity contribution in [3.8, 4) is 5.69 Å². The van der Waals surface area contributed by atoms with E-state index in [2.05, 4.69) is 10.1 Å². The average molecular weight is 367 g/mol. The number of carbonyl (C=O) groups is 1. The number of amides is 1. The summed E-state index contributed by atoms with van der Waals surface area (Å²) in [5.41, 5.74) is 10.8. The van der Waals surface area contributed by atoms with Crippen molar-refractivity contribution in [2.75, 3.05) is 12.3 Å². The van der Waals surface area contributed by atoms with Crippen LogP contribution in [0.4, 0.5) is 5.13 Å². The molecule has 0 bridgehead atoms. The number of aryl methyl sites for hydroxylation is 1. The summed E-state index contributed by atoms with van der Waals surface area (Å²) in [6.07, 6.45) is 1.14. The molecule has 0 unspecified atom stereocenters. The van der Waals surface area contributed by atoms with Crippen molar-refractivity contribution in [3.05, 3.63) is 57.9 Å². The van der Waals surface area contributed by atoms with Gasteiger partial charge in [0.15, 0.2) is 5.13 Å². The molecular weight excluding hydrogens is 346 g/mol. The summed E-state index contributed by atoms with van der Waals surface area (Å²) in [4.78, 5) is 20.2. The van der Waals surface area contributed by atoms with Gasteiger partial charge in [0, 0.05) is 29.1 Å². The molecule has 0 atom stereocenters. The van der Waals surface area contributed by atoms with Gasteiger partial charge < -0.3 is 10.6 Å². The van der Waals surface area contributed by atoms with E-state index in [4.69, 9.17) is 5.73 Å². The van der Waals surface area contributed by atoms with Gasteiger partial charge in [0.2, 0.25) is 5.91 Å². The Morgan fingerprint density at radius 1 is 1.27 bits per heavy atom. The Morgan fingerprint density at radius 2 is 2.04 bits per heavy atom. The summed E-state index contributed by atoms with van der Waals surface area (Å²) >= 11 is 1.48. The number of benzene rings is 1. The second-order valence-electron chi connectivity index (χ2n) is 6.56. The molecule has 7 heteroatoms. The monoisotopic (exact) mass is 367 g/mol. The largest absolute Gasteiger partial charge is 0.375 e. The molecule has 1 amide bonds. The zero-order valence-corrected chi connectivity index (χ0v) is 15.7. The quantitative estimate of drug-likeness (QED) is 0.772. The number of hydrogen-bond acceptors (Lipinski definition) is 5. The fraction of sp³-hybridized carbons (Fsp3) is 0.316. The van der Waals surface area contributed by atoms with Crippen molar-refractivity contribution in [1.82, 2.24) is 19.7 Å². The van der Waals surface area contributed by atoms with Gasteiger partial charge in [-0.3, -0.25) is 4.79 Å². The molecule has 0 fully saturated rings. The molecule has 6 nitrogen and oxygen atoms in total. The molecule has 1 aliphatic rings. The highest BCUT2D eigenvalue weighted by Crippen LogP contribution is 2.27. The third-order valence-electron chi connectivity index (χ3n) is 4.87. The second kappa shape index (κ2) is 6.57. The predicted octanol–water partition coefficient (Wildman–Crippen LogP) is 2.66. The van der Waals surface area contributed by atoms with E-state index < -0.39 is 0 Å². The van der Waals surface area contributed by atoms with Gasteiger partial charge in [-0.1, -0.05) is 18.2 Å². The fourth-order valence-electron chi connectivity index (χ4n) is 3.44. The van der Waals surface area contributed by atoms with Crippen LogP contribution >= 0.6 is 11.3 Å². The minimum atomic E-state index is 0.126. The van der Waals surface area contributed by atoms with E-state index in [1.54, 1.807) is 0 Å². The Kier molecular flexibility index (Phi) is 4.24. The Labute approximate surface area is 156 Å². The van der Waals surface area contributed by atoms with Gasteiger partial charge in [-0.05, 0) is 26.0 Å². The normalized spacial score (nSPS) is 13.7. The molecule has 134 valence electrons. The van der Waals surface area contributed by atoms with Gasteiger partial charge in [0.25, 0.3) is 0 Å². The van der Waals surface area contributed by atoms with Crippen LogP contribution in [-0.2, 0) is 24.2 Å². The molecule has 26 heavy (non-hydrogen) atoms. The van der Waals surface area contributed by atoms with Crippen LogP contribution < -0.4 is 5.73 Å². The molecule has 0 spiro atoms. The number of rotatable bonds is 3. The number of fused-ring (bicyclic) bond motifs is 1. The molecule has 0 saturated heterocycles. The standard InChI is InChI=1S/C19H21N5OS/c1-12-15(13(2)24(22-12)14-6-4-3-5-7-14)10-18(25)23-9-8-16-17(11-23)26-19(20)21-16/h3-7H,8-11H2,1-2H3,(H2,20,21). The van der Waals surface area contributed by atoms with Gasteiger partial charge >= 0.3 is 0 Å². The van der Waals surface area contributed by atoms with Crippen molar-refractivity contribution < 1.29 is 4.79 Å². The number of thiazole rings is 1. The maximum Gasteiger partial charge on any atom is 0.227 e. The highest BCUT2D eigenvalue weighted by molar-refractivity contribution is 7.15. The third-order valence-corrected chi connectivity index (χ3v) is 5.78. The summed E-state index contributed by atoms with van der Waals surface area (Å²) in [6, 6.07) is 10.00.